The van der Waals surface area contributed by atoms with Gasteiger partial charge in [-0.2, -0.15) is 0 Å². The van der Waals surface area contributed by atoms with Crippen molar-refractivity contribution in [2.75, 3.05) is 26.8 Å². The molecule has 0 aromatic heterocycles. The van der Waals surface area contributed by atoms with Crippen molar-refractivity contribution in [3.8, 4) is 11.5 Å². The van der Waals surface area contributed by atoms with Crippen LogP contribution in [0.2, 0.25) is 0 Å². The van der Waals surface area contributed by atoms with Crippen LogP contribution in [0, 0.1) is 5.82 Å². The molecule has 0 amide bonds. The molecule has 2 aromatic carbocycles. The van der Waals surface area contributed by atoms with Gasteiger partial charge in [0.25, 0.3) is 0 Å². The Labute approximate surface area is 147 Å². The standard InChI is InChI=1S/C19H24FNO4/c1-24-17-4-2-14(3-5-17)8-9-21-11-16(23)13-25-18-6-7-19(20)15(10-18)12-22/h2-7,10,16,21-23H,8-9,11-13H2,1H3/t16-/m1/s1. The Morgan fingerprint density at radius 1 is 1.12 bits per heavy atom. The molecule has 25 heavy (non-hydrogen) atoms. The first kappa shape index (κ1) is 19.2. The van der Waals surface area contributed by atoms with E-state index in [4.69, 9.17) is 14.6 Å². The number of rotatable bonds is 10. The zero-order chi connectivity index (χ0) is 18.1. The molecule has 0 aliphatic carbocycles. The maximum Gasteiger partial charge on any atom is 0.128 e. The minimum Gasteiger partial charge on any atom is -0.497 e. The highest BCUT2D eigenvalue weighted by molar-refractivity contribution is 5.29. The topological polar surface area (TPSA) is 71.0 Å². The van der Waals surface area contributed by atoms with Crippen molar-refractivity contribution in [2.45, 2.75) is 19.1 Å². The van der Waals surface area contributed by atoms with E-state index >= 15 is 0 Å². The van der Waals surface area contributed by atoms with Crippen molar-refractivity contribution in [3.63, 3.8) is 0 Å². The van der Waals surface area contributed by atoms with Gasteiger partial charge >= 0.3 is 0 Å². The Balaban J connectivity index is 1.65. The first-order valence-corrected chi connectivity index (χ1v) is 8.16. The van der Waals surface area contributed by atoms with Crippen molar-refractivity contribution < 1.29 is 24.1 Å². The van der Waals surface area contributed by atoms with Crippen molar-refractivity contribution in [3.05, 3.63) is 59.4 Å². The van der Waals surface area contributed by atoms with Gasteiger partial charge in [0.05, 0.1) is 13.7 Å². The number of hydrogen-bond acceptors (Lipinski definition) is 5. The second kappa shape index (κ2) is 9.98. The number of methoxy groups -OCH3 is 1. The van der Waals surface area contributed by atoms with E-state index < -0.39 is 18.5 Å². The summed E-state index contributed by atoms with van der Waals surface area (Å²) in [5, 5.41) is 22.1. The van der Waals surface area contributed by atoms with Gasteiger partial charge in [-0.05, 0) is 48.9 Å². The quantitative estimate of drug-likeness (QED) is 0.572. The van der Waals surface area contributed by atoms with E-state index in [9.17, 15) is 9.50 Å². The van der Waals surface area contributed by atoms with Gasteiger partial charge in [0.1, 0.15) is 30.0 Å². The Hall–Kier alpha value is -2.15. The highest BCUT2D eigenvalue weighted by atomic mass is 19.1. The van der Waals surface area contributed by atoms with E-state index in [-0.39, 0.29) is 12.2 Å². The lowest BCUT2D eigenvalue weighted by atomic mass is 10.1. The van der Waals surface area contributed by atoms with Gasteiger partial charge in [0, 0.05) is 12.1 Å². The summed E-state index contributed by atoms with van der Waals surface area (Å²) in [6.07, 6.45) is 0.161. The Morgan fingerprint density at radius 3 is 2.52 bits per heavy atom. The first-order chi connectivity index (χ1) is 12.1. The van der Waals surface area contributed by atoms with Crippen LogP contribution in [0.15, 0.2) is 42.5 Å². The summed E-state index contributed by atoms with van der Waals surface area (Å²) in [7, 11) is 1.64. The van der Waals surface area contributed by atoms with Gasteiger partial charge in [0.15, 0.2) is 0 Å². The molecular weight excluding hydrogens is 325 g/mol. The lowest BCUT2D eigenvalue weighted by Gasteiger charge is -2.14. The summed E-state index contributed by atoms with van der Waals surface area (Å²) in [5.74, 6) is 0.771. The lowest BCUT2D eigenvalue weighted by Crippen LogP contribution is -2.32. The molecule has 0 aliphatic heterocycles. The average Bonchev–Trinajstić information content (AvgIpc) is 2.65. The predicted molar refractivity (Wildman–Crippen MR) is 93.4 cm³/mol. The molecule has 0 saturated heterocycles. The van der Waals surface area contributed by atoms with Crippen LogP contribution in [0.5, 0.6) is 11.5 Å². The summed E-state index contributed by atoms with van der Waals surface area (Å²) in [4.78, 5) is 0. The maximum atomic E-state index is 13.3. The molecule has 2 aromatic rings. The molecule has 5 nitrogen and oxygen atoms in total. The van der Waals surface area contributed by atoms with Gasteiger partial charge in [-0.1, -0.05) is 12.1 Å². The average molecular weight is 349 g/mol. The molecule has 0 radical (unpaired) electrons. The molecular formula is C19H24FNO4. The minimum absolute atomic E-state index is 0.0893. The number of halogens is 1. The number of benzene rings is 2. The van der Waals surface area contributed by atoms with E-state index in [1.807, 2.05) is 24.3 Å². The van der Waals surface area contributed by atoms with Crippen LogP contribution in [-0.2, 0) is 13.0 Å². The maximum absolute atomic E-state index is 13.3. The monoisotopic (exact) mass is 349 g/mol. The van der Waals surface area contributed by atoms with Crippen LogP contribution in [0.3, 0.4) is 0 Å². The summed E-state index contributed by atoms with van der Waals surface area (Å²) < 4.78 is 23.8. The third-order valence-corrected chi connectivity index (χ3v) is 3.76. The first-order valence-electron chi connectivity index (χ1n) is 8.16. The normalized spacial score (nSPS) is 12.0. The number of hydrogen-bond donors (Lipinski definition) is 3. The molecule has 1 atom stereocenters. The summed E-state index contributed by atoms with van der Waals surface area (Å²) >= 11 is 0. The molecule has 6 heteroatoms. The second-order valence-electron chi connectivity index (χ2n) is 5.68. The van der Waals surface area contributed by atoms with Crippen LogP contribution in [0.1, 0.15) is 11.1 Å². The van der Waals surface area contributed by atoms with Gasteiger partial charge in [-0.3, -0.25) is 0 Å². The van der Waals surface area contributed by atoms with E-state index in [1.165, 1.54) is 23.8 Å². The van der Waals surface area contributed by atoms with Crippen LogP contribution < -0.4 is 14.8 Å². The van der Waals surface area contributed by atoms with Crippen LogP contribution in [-0.4, -0.2) is 43.1 Å². The SMILES string of the molecule is COc1ccc(CCNC[C@@H](O)COc2ccc(F)c(CO)c2)cc1. The smallest absolute Gasteiger partial charge is 0.128 e. The third kappa shape index (κ3) is 6.34. The lowest BCUT2D eigenvalue weighted by molar-refractivity contribution is 0.106. The Morgan fingerprint density at radius 2 is 1.84 bits per heavy atom. The van der Waals surface area contributed by atoms with E-state index in [0.29, 0.717) is 12.3 Å². The number of nitrogens with one attached hydrogen (secondary N) is 1. The van der Waals surface area contributed by atoms with Gasteiger partial charge in [-0.15, -0.1) is 0 Å². The van der Waals surface area contributed by atoms with Gasteiger partial charge < -0.3 is 25.0 Å². The van der Waals surface area contributed by atoms with Crippen molar-refractivity contribution in [2.24, 2.45) is 0 Å². The Bertz CT molecular complexity index is 648. The van der Waals surface area contributed by atoms with E-state index in [1.54, 1.807) is 7.11 Å². The highest BCUT2D eigenvalue weighted by Crippen LogP contribution is 2.17. The van der Waals surface area contributed by atoms with Crippen LogP contribution in [0.4, 0.5) is 4.39 Å². The zero-order valence-electron chi connectivity index (χ0n) is 14.2. The van der Waals surface area contributed by atoms with Crippen LogP contribution in [0.25, 0.3) is 0 Å². The minimum atomic E-state index is -0.682. The summed E-state index contributed by atoms with van der Waals surface area (Å²) in [5.41, 5.74) is 1.35. The fourth-order valence-corrected chi connectivity index (χ4v) is 2.31. The molecule has 0 bridgehead atoms. The van der Waals surface area contributed by atoms with E-state index in [2.05, 4.69) is 5.32 Å². The highest BCUT2D eigenvalue weighted by Gasteiger charge is 2.07. The van der Waals surface area contributed by atoms with Gasteiger partial charge in [0.2, 0.25) is 0 Å². The summed E-state index contributed by atoms with van der Waals surface area (Å²) in [6, 6.07) is 12.0. The molecule has 0 aliphatic rings. The number of aliphatic hydroxyl groups is 2. The molecule has 0 heterocycles. The van der Waals surface area contributed by atoms with E-state index in [0.717, 1.165) is 18.7 Å². The van der Waals surface area contributed by atoms with Gasteiger partial charge in [-0.25, -0.2) is 4.39 Å². The largest absolute Gasteiger partial charge is 0.497 e. The van der Waals surface area contributed by atoms with Crippen molar-refractivity contribution in [1.29, 1.82) is 0 Å². The molecule has 136 valence electrons. The summed E-state index contributed by atoms with van der Waals surface area (Å²) in [6.45, 7) is 0.823. The molecule has 0 spiro atoms. The fraction of sp³-hybridized carbons (Fsp3) is 0.368. The molecule has 0 unspecified atom stereocenters. The zero-order valence-corrected chi connectivity index (χ0v) is 14.2. The second-order valence-corrected chi connectivity index (χ2v) is 5.68. The molecule has 2 rings (SSSR count). The number of ether oxygens (including phenoxy) is 2. The fourth-order valence-electron chi connectivity index (χ4n) is 2.31. The van der Waals surface area contributed by atoms with Crippen molar-refractivity contribution >= 4 is 0 Å². The molecule has 0 fully saturated rings. The van der Waals surface area contributed by atoms with Crippen LogP contribution >= 0.6 is 0 Å². The predicted octanol–water partition coefficient (Wildman–Crippen LogP) is 1.90. The van der Waals surface area contributed by atoms with Crippen molar-refractivity contribution in [1.82, 2.24) is 5.32 Å². The molecule has 3 N–H and O–H groups in total. The number of aliphatic hydroxyl groups excluding tert-OH is 2. The third-order valence-electron chi connectivity index (χ3n) is 3.76. The Kier molecular flexibility index (Phi) is 7.66. The molecule has 0 saturated carbocycles.